The summed E-state index contributed by atoms with van der Waals surface area (Å²) in [7, 11) is 0. The first-order chi connectivity index (χ1) is 8.15. The normalized spacial score (nSPS) is 16.9. The Balaban J connectivity index is 1.93. The van der Waals surface area contributed by atoms with Crippen LogP contribution in [-0.4, -0.2) is 17.7 Å². The number of hydrogen-bond acceptors (Lipinski definition) is 2. The molecule has 0 heterocycles. The van der Waals surface area contributed by atoms with Gasteiger partial charge in [0.15, 0.2) is 0 Å². The van der Waals surface area contributed by atoms with E-state index in [0.29, 0.717) is 24.2 Å². The van der Waals surface area contributed by atoms with E-state index in [0.717, 1.165) is 16.4 Å². The van der Waals surface area contributed by atoms with Gasteiger partial charge in [0, 0.05) is 28.0 Å². The predicted octanol–water partition coefficient (Wildman–Crippen LogP) is 2.53. The third-order valence-electron chi connectivity index (χ3n) is 2.98. The Kier molecular flexibility index (Phi) is 4.15. The molecule has 1 aromatic carbocycles. The average molecular weight is 343 g/mol. The van der Waals surface area contributed by atoms with E-state index in [1.165, 1.54) is 0 Å². The number of benzene rings is 1. The number of Topliss-reactive ketones (excluding diaryl/α,β-unsaturated/α-hetero) is 1. The van der Waals surface area contributed by atoms with Crippen molar-refractivity contribution >= 4 is 34.3 Å². The van der Waals surface area contributed by atoms with Gasteiger partial charge in [0.1, 0.15) is 5.78 Å². The monoisotopic (exact) mass is 343 g/mol. The van der Waals surface area contributed by atoms with E-state index in [2.05, 4.69) is 27.9 Å². The fraction of sp³-hybridized carbons (Fsp3) is 0.385. The van der Waals surface area contributed by atoms with Gasteiger partial charge in [-0.3, -0.25) is 9.59 Å². The highest BCUT2D eigenvalue weighted by Gasteiger charge is 2.20. The number of rotatable bonds is 2. The molecule has 0 saturated heterocycles. The average Bonchev–Trinajstić information content (AvgIpc) is 2.33. The molecular formula is C13H14INO2. The highest BCUT2D eigenvalue weighted by molar-refractivity contribution is 14.1. The van der Waals surface area contributed by atoms with E-state index < -0.39 is 0 Å². The summed E-state index contributed by atoms with van der Waals surface area (Å²) in [5, 5.41) is 2.98. The van der Waals surface area contributed by atoms with Gasteiger partial charge in [0.05, 0.1) is 0 Å². The van der Waals surface area contributed by atoms with Crippen LogP contribution < -0.4 is 5.32 Å². The van der Waals surface area contributed by atoms with Crippen LogP contribution in [0.1, 0.15) is 36.0 Å². The number of hydrogen-bond donors (Lipinski definition) is 1. The maximum absolute atomic E-state index is 11.9. The SMILES string of the molecule is O=C1CCC(NC(=O)c2ccc(I)cc2)CC1. The van der Waals surface area contributed by atoms with Gasteiger partial charge in [0.2, 0.25) is 0 Å². The van der Waals surface area contributed by atoms with Gasteiger partial charge in [0.25, 0.3) is 5.91 Å². The number of carbonyl (C=O) groups is 2. The van der Waals surface area contributed by atoms with E-state index >= 15 is 0 Å². The maximum Gasteiger partial charge on any atom is 0.251 e. The zero-order chi connectivity index (χ0) is 12.3. The minimum Gasteiger partial charge on any atom is -0.349 e. The Bertz CT molecular complexity index is 418. The molecule has 0 unspecified atom stereocenters. The van der Waals surface area contributed by atoms with Gasteiger partial charge in [-0.15, -0.1) is 0 Å². The van der Waals surface area contributed by atoms with Gasteiger partial charge in [-0.05, 0) is 59.7 Å². The molecule has 2 rings (SSSR count). The van der Waals surface area contributed by atoms with Crippen molar-refractivity contribution in [2.75, 3.05) is 0 Å². The molecule has 1 amide bonds. The molecule has 17 heavy (non-hydrogen) atoms. The first-order valence-corrected chi connectivity index (χ1v) is 6.81. The third kappa shape index (κ3) is 3.52. The van der Waals surface area contributed by atoms with Crippen molar-refractivity contribution in [3.8, 4) is 0 Å². The molecule has 0 aromatic heterocycles. The van der Waals surface area contributed by atoms with Crippen LogP contribution >= 0.6 is 22.6 Å². The fourth-order valence-electron chi connectivity index (χ4n) is 1.95. The molecule has 1 aliphatic carbocycles. The lowest BCUT2D eigenvalue weighted by molar-refractivity contribution is -0.120. The van der Waals surface area contributed by atoms with Crippen molar-refractivity contribution in [1.82, 2.24) is 5.32 Å². The van der Waals surface area contributed by atoms with Crippen LogP contribution in [0.2, 0.25) is 0 Å². The molecule has 0 aliphatic heterocycles. The molecule has 90 valence electrons. The summed E-state index contributed by atoms with van der Waals surface area (Å²) in [6.07, 6.45) is 2.74. The van der Waals surface area contributed by atoms with Crippen molar-refractivity contribution in [3.63, 3.8) is 0 Å². The molecular weight excluding hydrogens is 329 g/mol. The first-order valence-electron chi connectivity index (χ1n) is 5.73. The Morgan fingerprint density at radius 3 is 2.35 bits per heavy atom. The predicted molar refractivity (Wildman–Crippen MR) is 73.9 cm³/mol. The second-order valence-electron chi connectivity index (χ2n) is 4.29. The highest BCUT2D eigenvalue weighted by Crippen LogP contribution is 2.15. The minimum absolute atomic E-state index is 0.0410. The van der Waals surface area contributed by atoms with Gasteiger partial charge in [-0.2, -0.15) is 0 Å². The van der Waals surface area contributed by atoms with Crippen LogP contribution in [0, 0.1) is 3.57 Å². The standard InChI is InChI=1S/C13H14INO2/c14-10-3-1-9(2-4-10)13(17)15-11-5-7-12(16)8-6-11/h1-4,11H,5-8H2,(H,15,17). The number of amides is 1. The lowest BCUT2D eigenvalue weighted by Crippen LogP contribution is -2.37. The van der Waals surface area contributed by atoms with Crippen molar-refractivity contribution in [1.29, 1.82) is 0 Å². The van der Waals surface area contributed by atoms with Crippen LogP contribution in [0.4, 0.5) is 0 Å². The lowest BCUT2D eigenvalue weighted by atomic mass is 9.94. The summed E-state index contributed by atoms with van der Waals surface area (Å²) in [5.41, 5.74) is 0.683. The van der Waals surface area contributed by atoms with Crippen LogP contribution in [0.3, 0.4) is 0 Å². The molecule has 0 radical (unpaired) electrons. The first kappa shape index (κ1) is 12.5. The summed E-state index contributed by atoms with van der Waals surface area (Å²) in [6, 6.07) is 7.63. The maximum atomic E-state index is 11.9. The molecule has 1 aromatic rings. The quantitative estimate of drug-likeness (QED) is 0.839. The Hall–Kier alpha value is -0.910. The molecule has 0 bridgehead atoms. The largest absolute Gasteiger partial charge is 0.349 e. The smallest absolute Gasteiger partial charge is 0.251 e. The van der Waals surface area contributed by atoms with Crippen LogP contribution in [0.15, 0.2) is 24.3 Å². The van der Waals surface area contributed by atoms with E-state index in [4.69, 9.17) is 0 Å². The summed E-state index contributed by atoms with van der Waals surface area (Å²) >= 11 is 2.21. The van der Waals surface area contributed by atoms with Gasteiger partial charge in [-0.1, -0.05) is 0 Å². The summed E-state index contributed by atoms with van der Waals surface area (Å²) in [4.78, 5) is 23.0. The molecule has 3 nitrogen and oxygen atoms in total. The van der Waals surface area contributed by atoms with Gasteiger partial charge in [-0.25, -0.2) is 0 Å². The number of halogens is 1. The van der Waals surface area contributed by atoms with Crippen molar-refractivity contribution < 1.29 is 9.59 Å². The zero-order valence-electron chi connectivity index (χ0n) is 9.41. The van der Waals surface area contributed by atoms with Crippen molar-refractivity contribution in [3.05, 3.63) is 33.4 Å². The minimum atomic E-state index is -0.0410. The number of ketones is 1. The van der Waals surface area contributed by atoms with Crippen LogP contribution in [0.5, 0.6) is 0 Å². The topological polar surface area (TPSA) is 46.2 Å². The van der Waals surface area contributed by atoms with Crippen molar-refractivity contribution in [2.24, 2.45) is 0 Å². The number of carbonyl (C=O) groups excluding carboxylic acids is 2. The Labute approximate surface area is 114 Å². The van der Waals surface area contributed by atoms with Gasteiger partial charge >= 0.3 is 0 Å². The lowest BCUT2D eigenvalue weighted by Gasteiger charge is -2.22. The fourth-order valence-corrected chi connectivity index (χ4v) is 2.31. The third-order valence-corrected chi connectivity index (χ3v) is 3.70. The molecule has 1 fully saturated rings. The molecule has 0 atom stereocenters. The van der Waals surface area contributed by atoms with Crippen LogP contribution in [0.25, 0.3) is 0 Å². The summed E-state index contributed by atoms with van der Waals surface area (Å²) in [5.74, 6) is 0.269. The molecule has 0 spiro atoms. The summed E-state index contributed by atoms with van der Waals surface area (Å²) < 4.78 is 1.11. The second kappa shape index (κ2) is 5.62. The molecule has 1 N–H and O–H groups in total. The van der Waals surface area contributed by atoms with E-state index in [-0.39, 0.29) is 11.9 Å². The van der Waals surface area contributed by atoms with Gasteiger partial charge < -0.3 is 5.32 Å². The highest BCUT2D eigenvalue weighted by atomic mass is 127. The molecule has 1 aliphatic rings. The van der Waals surface area contributed by atoms with E-state index in [9.17, 15) is 9.59 Å². The molecule has 1 saturated carbocycles. The van der Waals surface area contributed by atoms with E-state index in [1.54, 1.807) is 0 Å². The Morgan fingerprint density at radius 2 is 1.76 bits per heavy atom. The molecule has 4 heteroatoms. The summed E-state index contributed by atoms with van der Waals surface area (Å²) in [6.45, 7) is 0. The van der Waals surface area contributed by atoms with Crippen molar-refractivity contribution in [2.45, 2.75) is 31.7 Å². The second-order valence-corrected chi connectivity index (χ2v) is 5.54. The zero-order valence-corrected chi connectivity index (χ0v) is 11.6. The Morgan fingerprint density at radius 1 is 1.18 bits per heavy atom. The van der Waals surface area contributed by atoms with Crippen LogP contribution in [-0.2, 0) is 4.79 Å². The van der Waals surface area contributed by atoms with E-state index in [1.807, 2.05) is 24.3 Å². The number of nitrogens with one attached hydrogen (secondary N) is 1.